The van der Waals surface area contributed by atoms with Gasteiger partial charge in [-0.1, -0.05) is 30.7 Å². The molecule has 1 aromatic heterocycles. The van der Waals surface area contributed by atoms with E-state index in [-0.39, 0.29) is 6.04 Å². The summed E-state index contributed by atoms with van der Waals surface area (Å²) in [5.74, 6) is 0.805. The first-order valence-corrected chi connectivity index (χ1v) is 7.06. The van der Waals surface area contributed by atoms with Crippen molar-refractivity contribution in [2.24, 2.45) is 0 Å². The van der Waals surface area contributed by atoms with Crippen LogP contribution in [0, 0.1) is 0 Å². The molecule has 0 radical (unpaired) electrons. The van der Waals surface area contributed by atoms with Crippen LogP contribution in [0.1, 0.15) is 25.5 Å². The van der Waals surface area contributed by atoms with Gasteiger partial charge in [-0.25, -0.2) is 0 Å². The fourth-order valence-electron chi connectivity index (χ4n) is 1.94. The maximum Gasteiger partial charge on any atom is 0.148 e. The van der Waals surface area contributed by atoms with Gasteiger partial charge in [-0.15, -0.1) is 0 Å². The zero-order valence-corrected chi connectivity index (χ0v) is 12.7. The highest BCUT2D eigenvalue weighted by Gasteiger charge is 2.12. The number of furan rings is 1. The Kier molecular flexibility index (Phi) is 4.49. The molecule has 0 fully saturated rings. The molecule has 1 aromatic carbocycles. The summed E-state index contributed by atoms with van der Waals surface area (Å²) in [6.45, 7) is 5.11. The van der Waals surface area contributed by atoms with Crippen molar-refractivity contribution in [1.29, 1.82) is 0 Å². The predicted octanol–water partition coefficient (Wildman–Crippen LogP) is 5.03. The highest BCUT2D eigenvalue weighted by atomic mass is 79.9. The van der Waals surface area contributed by atoms with E-state index in [1.807, 2.05) is 24.3 Å². The van der Waals surface area contributed by atoms with Crippen LogP contribution in [-0.4, -0.2) is 6.54 Å². The van der Waals surface area contributed by atoms with Gasteiger partial charge in [0.1, 0.15) is 5.76 Å². The molecule has 1 unspecified atom stereocenters. The molecule has 2 nitrogen and oxygen atoms in total. The Morgan fingerprint density at radius 2 is 2.17 bits per heavy atom. The van der Waals surface area contributed by atoms with Gasteiger partial charge in [-0.3, -0.25) is 0 Å². The molecule has 96 valence electrons. The summed E-state index contributed by atoms with van der Waals surface area (Å²) in [5.41, 5.74) is 2.08. The highest BCUT2D eigenvalue weighted by Crippen LogP contribution is 2.33. The first-order chi connectivity index (χ1) is 8.63. The standard InChI is InChI=1S/C14H15BrClNO/c1-3-17-9(2)11-5-4-10(8-13(11)16)14-12(15)6-7-18-14/h4-9,17H,3H2,1-2H3. The van der Waals surface area contributed by atoms with Crippen LogP contribution in [0.5, 0.6) is 0 Å². The van der Waals surface area contributed by atoms with E-state index in [1.165, 1.54) is 0 Å². The Labute approximate surface area is 120 Å². The SMILES string of the molecule is CCNC(C)c1ccc(-c2occc2Br)cc1Cl. The molecule has 0 bridgehead atoms. The van der Waals surface area contributed by atoms with Crippen molar-refractivity contribution in [3.05, 3.63) is 45.6 Å². The molecule has 18 heavy (non-hydrogen) atoms. The van der Waals surface area contributed by atoms with Gasteiger partial charge in [-0.2, -0.15) is 0 Å². The summed E-state index contributed by atoms with van der Waals surface area (Å²) >= 11 is 9.78. The van der Waals surface area contributed by atoms with Gasteiger partial charge in [0.15, 0.2) is 0 Å². The van der Waals surface area contributed by atoms with Crippen LogP contribution in [0.3, 0.4) is 0 Å². The van der Waals surface area contributed by atoms with E-state index in [0.29, 0.717) is 0 Å². The minimum Gasteiger partial charge on any atom is -0.463 e. The van der Waals surface area contributed by atoms with Crippen LogP contribution in [0.2, 0.25) is 5.02 Å². The number of hydrogen-bond donors (Lipinski definition) is 1. The zero-order valence-electron chi connectivity index (χ0n) is 10.3. The van der Waals surface area contributed by atoms with E-state index in [0.717, 1.165) is 32.9 Å². The quantitative estimate of drug-likeness (QED) is 0.851. The van der Waals surface area contributed by atoms with Crippen molar-refractivity contribution in [2.45, 2.75) is 19.9 Å². The summed E-state index contributed by atoms with van der Waals surface area (Å²) in [7, 11) is 0. The second-order valence-electron chi connectivity index (χ2n) is 4.11. The van der Waals surface area contributed by atoms with Crippen LogP contribution in [0.25, 0.3) is 11.3 Å². The van der Waals surface area contributed by atoms with Crippen LogP contribution in [0.4, 0.5) is 0 Å². The van der Waals surface area contributed by atoms with Crippen molar-refractivity contribution < 1.29 is 4.42 Å². The number of nitrogens with one attached hydrogen (secondary N) is 1. The lowest BCUT2D eigenvalue weighted by Crippen LogP contribution is -2.17. The summed E-state index contributed by atoms with van der Waals surface area (Å²) in [6.07, 6.45) is 1.66. The van der Waals surface area contributed by atoms with Crippen LogP contribution >= 0.6 is 27.5 Å². The van der Waals surface area contributed by atoms with E-state index in [2.05, 4.69) is 35.1 Å². The maximum atomic E-state index is 6.33. The van der Waals surface area contributed by atoms with Crippen molar-refractivity contribution in [3.8, 4) is 11.3 Å². The van der Waals surface area contributed by atoms with Crippen LogP contribution in [-0.2, 0) is 0 Å². The molecule has 0 aliphatic heterocycles. The number of rotatable bonds is 4. The lowest BCUT2D eigenvalue weighted by atomic mass is 10.0. The molecule has 2 aromatic rings. The van der Waals surface area contributed by atoms with Crippen LogP contribution in [0.15, 0.2) is 39.4 Å². The third-order valence-electron chi connectivity index (χ3n) is 2.86. The number of hydrogen-bond acceptors (Lipinski definition) is 2. The van der Waals surface area contributed by atoms with E-state index >= 15 is 0 Å². The van der Waals surface area contributed by atoms with Gasteiger partial charge < -0.3 is 9.73 Å². The average molecular weight is 329 g/mol. The van der Waals surface area contributed by atoms with E-state index in [9.17, 15) is 0 Å². The third kappa shape index (κ3) is 2.79. The lowest BCUT2D eigenvalue weighted by Gasteiger charge is -2.15. The van der Waals surface area contributed by atoms with Crippen molar-refractivity contribution in [1.82, 2.24) is 5.32 Å². The first-order valence-electron chi connectivity index (χ1n) is 5.89. The molecule has 1 N–H and O–H groups in total. The smallest absolute Gasteiger partial charge is 0.148 e. The molecule has 1 atom stereocenters. The molecule has 4 heteroatoms. The van der Waals surface area contributed by atoms with Gasteiger partial charge in [0, 0.05) is 16.6 Å². The van der Waals surface area contributed by atoms with Crippen molar-refractivity contribution in [3.63, 3.8) is 0 Å². The lowest BCUT2D eigenvalue weighted by molar-refractivity contribution is 0.580. The molecule has 0 amide bonds. The van der Waals surface area contributed by atoms with Gasteiger partial charge in [0.05, 0.1) is 10.7 Å². The van der Waals surface area contributed by atoms with E-state index in [1.54, 1.807) is 6.26 Å². The first kappa shape index (κ1) is 13.7. The zero-order chi connectivity index (χ0) is 13.1. The Morgan fingerprint density at radius 3 is 2.72 bits per heavy atom. The third-order valence-corrected chi connectivity index (χ3v) is 3.81. The molecular formula is C14H15BrClNO. The average Bonchev–Trinajstić information content (AvgIpc) is 2.75. The van der Waals surface area contributed by atoms with Gasteiger partial charge >= 0.3 is 0 Å². The monoisotopic (exact) mass is 327 g/mol. The minimum absolute atomic E-state index is 0.247. The minimum atomic E-state index is 0.247. The van der Waals surface area contributed by atoms with Crippen LogP contribution < -0.4 is 5.32 Å². The van der Waals surface area contributed by atoms with Crippen molar-refractivity contribution >= 4 is 27.5 Å². The molecular weight excluding hydrogens is 314 g/mol. The number of halogens is 2. The molecule has 0 saturated carbocycles. The van der Waals surface area contributed by atoms with Crippen molar-refractivity contribution in [2.75, 3.05) is 6.54 Å². The Bertz CT molecular complexity index is 538. The summed E-state index contributed by atoms with van der Waals surface area (Å²) in [4.78, 5) is 0. The Morgan fingerprint density at radius 1 is 1.39 bits per heavy atom. The Balaban J connectivity index is 2.33. The largest absolute Gasteiger partial charge is 0.463 e. The predicted molar refractivity (Wildman–Crippen MR) is 78.9 cm³/mol. The van der Waals surface area contributed by atoms with Gasteiger partial charge in [-0.05, 0) is 47.1 Å². The second-order valence-corrected chi connectivity index (χ2v) is 5.37. The molecule has 0 aliphatic carbocycles. The fourth-order valence-corrected chi connectivity index (χ4v) is 2.71. The van der Waals surface area contributed by atoms with E-state index < -0.39 is 0 Å². The highest BCUT2D eigenvalue weighted by molar-refractivity contribution is 9.10. The fraction of sp³-hybridized carbons (Fsp3) is 0.286. The summed E-state index contributed by atoms with van der Waals surface area (Å²) in [5, 5.41) is 4.11. The maximum absolute atomic E-state index is 6.33. The topological polar surface area (TPSA) is 25.2 Å². The second kappa shape index (κ2) is 5.91. The van der Waals surface area contributed by atoms with Gasteiger partial charge in [0.25, 0.3) is 0 Å². The summed E-state index contributed by atoms with van der Waals surface area (Å²) in [6, 6.07) is 8.13. The molecule has 0 spiro atoms. The van der Waals surface area contributed by atoms with Gasteiger partial charge in [0.2, 0.25) is 0 Å². The molecule has 0 saturated heterocycles. The molecule has 1 heterocycles. The molecule has 0 aliphatic rings. The normalized spacial score (nSPS) is 12.7. The number of benzene rings is 1. The molecule has 2 rings (SSSR count). The Hall–Kier alpha value is -0.770. The van der Waals surface area contributed by atoms with E-state index in [4.69, 9.17) is 16.0 Å². The summed E-state index contributed by atoms with van der Waals surface area (Å²) < 4.78 is 6.37.